The number of carbonyl (C=O) groups is 1. The first-order chi connectivity index (χ1) is 13.4. The number of piperazine rings is 1. The Labute approximate surface area is 172 Å². The van der Waals surface area contributed by atoms with Crippen LogP contribution in [0.4, 0.5) is 10.1 Å². The smallest absolute Gasteiger partial charge is 0.246 e. The van der Waals surface area contributed by atoms with Gasteiger partial charge in [-0.25, -0.2) is 12.8 Å². The molecule has 1 aliphatic heterocycles. The monoisotopic (exact) mass is 469 g/mol. The Hall–Kier alpha value is -1.81. The fraction of sp³-hybridized carbons (Fsp3) is 0.316. The summed E-state index contributed by atoms with van der Waals surface area (Å²) in [5, 5.41) is 2.84. The minimum atomic E-state index is -3.84. The van der Waals surface area contributed by atoms with Crippen molar-refractivity contribution in [2.45, 2.75) is 11.3 Å². The number of rotatable bonds is 6. The Balaban J connectivity index is 1.48. The molecule has 28 heavy (non-hydrogen) atoms. The van der Waals surface area contributed by atoms with E-state index in [1.165, 1.54) is 22.5 Å². The van der Waals surface area contributed by atoms with Crippen molar-refractivity contribution in [3.63, 3.8) is 0 Å². The van der Waals surface area contributed by atoms with Crippen LogP contribution in [-0.4, -0.2) is 56.3 Å². The molecule has 150 valence electrons. The van der Waals surface area contributed by atoms with E-state index in [4.69, 9.17) is 0 Å². The van der Waals surface area contributed by atoms with E-state index in [9.17, 15) is 17.6 Å². The van der Waals surface area contributed by atoms with E-state index in [1.54, 1.807) is 0 Å². The van der Waals surface area contributed by atoms with Gasteiger partial charge >= 0.3 is 0 Å². The van der Waals surface area contributed by atoms with Gasteiger partial charge in [-0.3, -0.25) is 4.79 Å². The molecule has 1 N–H and O–H groups in total. The molecule has 1 amide bonds. The van der Waals surface area contributed by atoms with Crippen molar-refractivity contribution in [1.29, 1.82) is 0 Å². The molecule has 1 fully saturated rings. The second-order valence-electron chi connectivity index (χ2n) is 6.48. The number of hydrogen-bond donors (Lipinski definition) is 1. The average Bonchev–Trinajstić information content (AvgIpc) is 2.69. The van der Waals surface area contributed by atoms with Crippen molar-refractivity contribution in [2.75, 3.05) is 38.0 Å². The molecule has 2 aromatic rings. The van der Waals surface area contributed by atoms with Crippen LogP contribution in [-0.2, 0) is 14.8 Å². The van der Waals surface area contributed by atoms with Crippen LogP contribution in [0.15, 0.2) is 57.9 Å². The van der Waals surface area contributed by atoms with Crippen LogP contribution in [0.1, 0.15) is 6.42 Å². The predicted molar refractivity (Wildman–Crippen MR) is 109 cm³/mol. The molecule has 1 heterocycles. The lowest BCUT2D eigenvalue weighted by Gasteiger charge is -2.33. The molecule has 9 heteroatoms. The van der Waals surface area contributed by atoms with Gasteiger partial charge in [-0.15, -0.1) is 0 Å². The third kappa shape index (κ3) is 5.16. The van der Waals surface area contributed by atoms with Crippen LogP contribution in [0.5, 0.6) is 0 Å². The van der Waals surface area contributed by atoms with E-state index < -0.39 is 15.8 Å². The van der Waals surface area contributed by atoms with Crippen molar-refractivity contribution in [2.24, 2.45) is 0 Å². The number of anilines is 1. The largest absolute Gasteiger partial charge is 0.326 e. The molecule has 6 nitrogen and oxygen atoms in total. The third-order valence-electron chi connectivity index (χ3n) is 4.57. The van der Waals surface area contributed by atoms with Crippen LogP contribution in [0, 0.1) is 5.82 Å². The first-order valence-electron chi connectivity index (χ1n) is 8.89. The number of halogens is 2. The summed E-state index contributed by atoms with van der Waals surface area (Å²) in [5.74, 6) is -0.835. The summed E-state index contributed by atoms with van der Waals surface area (Å²) in [6, 6.07) is 12.7. The second kappa shape index (κ2) is 9.13. The highest BCUT2D eigenvalue weighted by molar-refractivity contribution is 9.10. The summed E-state index contributed by atoms with van der Waals surface area (Å²) >= 11 is 3.35. The zero-order valence-corrected chi connectivity index (χ0v) is 17.5. The summed E-state index contributed by atoms with van der Waals surface area (Å²) in [6.07, 6.45) is 0.316. The van der Waals surface area contributed by atoms with Gasteiger partial charge in [0, 0.05) is 49.3 Å². The van der Waals surface area contributed by atoms with Gasteiger partial charge in [-0.1, -0.05) is 28.1 Å². The number of sulfonamides is 1. The zero-order valence-electron chi connectivity index (χ0n) is 15.1. The molecule has 0 aromatic heterocycles. The summed E-state index contributed by atoms with van der Waals surface area (Å²) < 4.78 is 41.3. The van der Waals surface area contributed by atoms with Crippen molar-refractivity contribution in [3.8, 4) is 0 Å². The standard InChI is InChI=1S/C19H21BrFN3O3S/c20-15-5-7-16(8-6-15)22-19(25)9-10-23-11-13-24(14-12-23)28(26,27)18-4-2-1-3-17(18)21/h1-8H,9-14H2,(H,22,25). The molecule has 0 spiro atoms. The highest BCUT2D eigenvalue weighted by Gasteiger charge is 2.30. The minimum absolute atomic E-state index is 0.0938. The molecule has 0 atom stereocenters. The van der Waals surface area contributed by atoms with E-state index in [0.717, 1.165) is 16.2 Å². The van der Waals surface area contributed by atoms with E-state index in [1.807, 2.05) is 29.2 Å². The van der Waals surface area contributed by atoms with Gasteiger partial charge in [-0.2, -0.15) is 4.31 Å². The molecule has 0 saturated carbocycles. The topological polar surface area (TPSA) is 69.7 Å². The van der Waals surface area contributed by atoms with Crippen molar-refractivity contribution < 1.29 is 17.6 Å². The summed E-state index contributed by atoms with van der Waals surface area (Å²) in [4.78, 5) is 13.8. The number of hydrogen-bond acceptors (Lipinski definition) is 4. The fourth-order valence-corrected chi connectivity index (χ4v) is 4.75. The first-order valence-corrected chi connectivity index (χ1v) is 11.1. The van der Waals surface area contributed by atoms with Gasteiger partial charge in [0.25, 0.3) is 0 Å². The molecule has 2 aromatic carbocycles. The Morgan fingerprint density at radius 3 is 2.32 bits per heavy atom. The van der Waals surface area contributed by atoms with Crippen LogP contribution < -0.4 is 5.32 Å². The molecular weight excluding hydrogens is 449 g/mol. The van der Waals surface area contributed by atoms with E-state index in [0.29, 0.717) is 26.1 Å². The molecule has 0 unspecified atom stereocenters. The van der Waals surface area contributed by atoms with Crippen molar-refractivity contribution in [3.05, 3.63) is 58.8 Å². The highest BCUT2D eigenvalue weighted by Crippen LogP contribution is 2.20. The second-order valence-corrected chi connectivity index (χ2v) is 9.30. The van der Waals surface area contributed by atoms with Gasteiger partial charge in [0.15, 0.2) is 0 Å². The molecule has 0 aliphatic carbocycles. The maximum atomic E-state index is 13.9. The third-order valence-corrected chi connectivity index (χ3v) is 7.03. The van der Waals surface area contributed by atoms with Crippen molar-refractivity contribution >= 4 is 37.5 Å². The first kappa shape index (κ1) is 20.9. The summed E-state index contributed by atoms with van der Waals surface area (Å²) in [6.45, 7) is 2.07. The Bertz CT molecular complexity index is 930. The number of carbonyl (C=O) groups excluding carboxylic acids is 1. The minimum Gasteiger partial charge on any atom is -0.326 e. The number of benzene rings is 2. The van der Waals surface area contributed by atoms with Crippen LogP contribution in [0.3, 0.4) is 0 Å². The van der Waals surface area contributed by atoms with Crippen LogP contribution in [0.25, 0.3) is 0 Å². The Morgan fingerprint density at radius 2 is 1.68 bits per heavy atom. The van der Waals surface area contributed by atoms with E-state index in [-0.39, 0.29) is 23.9 Å². The SMILES string of the molecule is O=C(CCN1CCN(S(=O)(=O)c2ccccc2F)CC1)Nc1ccc(Br)cc1. The van der Waals surface area contributed by atoms with Gasteiger partial charge in [-0.05, 0) is 36.4 Å². The normalized spacial score (nSPS) is 16.1. The van der Waals surface area contributed by atoms with Gasteiger partial charge in [0.05, 0.1) is 0 Å². The van der Waals surface area contributed by atoms with Crippen LogP contribution >= 0.6 is 15.9 Å². The molecule has 3 rings (SSSR count). The maximum absolute atomic E-state index is 13.9. The molecule has 0 bridgehead atoms. The van der Waals surface area contributed by atoms with Crippen LogP contribution in [0.2, 0.25) is 0 Å². The summed E-state index contributed by atoms with van der Waals surface area (Å²) in [7, 11) is -3.84. The maximum Gasteiger partial charge on any atom is 0.246 e. The lowest BCUT2D eigenvalue weighted by Crippen LogP contribution is -2.49. The quantitative estimate of drug-likeness (QED) is 0.705. The van der Waals surface area contributed by atoms with Crippen molar-refractivity contribution in [1.82, 2.24) is 9.21 Å². The number of amides is 1. The fourth-order valence-electron chi connectivity index (χ4n) is 3.00. The molecule has 1 saturated heterocycles. The number of nitrogens with zero attached hydrogens (tertiary/aromatic N) is 2. The molecule has 0 radical (unpaired) electrons. The zero-order chi connectivity index (χ0) is 20.1. The lowest BCUT2D eigenvalue weighted by atomic mass is 10.3. The van der Waals surface area contributed by atoms with Gasteiger partial charge in [0.1, 0.15) is 10.7 Å². The van der Waals surface area contributed by atoms with Gasteiger partial charge in [0.2, 0.25) is 15.9 Å². The average molecular weight is 470 g/mol. The van der Waals surface area contributed by atoms with E-state index >= 15 is 0 Å². The predicted octanol–water partition coefficient (Wildman–Crippen LogP) is 2.92. The highest BCUT2D eigenvalue weighted by atomic mass is 79.9. The number of nitrogens with one attached hydrogen (secondary N) is 1. The lowest BCUT2D eigenvalue weighted by molar-refractivity contribution is -0.116. The van der Waals surface area contributed by atoms with E-state index in [2.05, 4.69) is 21.2 Å². The summed E-state index contributed by atoms with van der Waals surface area (Å²) in [5.41, 5.74) is 0.731. The molecule has 1 aliphatic rings. The Kier molecular flexibility index (Phi) is 6.82. The Morgan fingerprint density at radius 1 is 1.04 bits per heavy atom. The molecular formula is C19H21BrFN3O3S. The van der Waals surface area contributed by atoms with Gasteiger partial charge < -0.3 is 10.2 Å².